The Balaban J connectivity index is 3.85. The molecule has 0 aliphatic heterocycles. The van der Waals surface area contributed by atoms with E-state index in [4.69, 9.17) is 4.74 Å². The Morgan fingerprint density at radius 3 is 2.65 bits per heavy atom. The fourth-order valence-electron chi connectivity index (χ4n) is 1.14. The highest BCUT2D eigenvalue weighted by atomic mass is 16.5. The van der Waals surface area contributed by atoms with Crippen molar-refractivity contribution in [2.45, 2.75) is 13.0 Å². The van der Waals surface area contributed by atoms with Gasteiger partial charge in [0.05, 0.1) is 25.9 Å². The summed E-state index contributed by atoms with van der Waals surface area (Å²) in [6, 6.07) is -0.451. The highest BCUT2D eigenvalue weighted by Gasteiger charge is 2.14. The van der Waals surface area contributed by atoms with Crippen LogP contribution in [0.4, 0.5) is 4.79 Å². The molecule has 0 spiro atoms. The highest BCUT2D eigenvalue weighted by Crippen LogP contribution is 1.91. The van der Waals surface area contributed by atoms with E-state index in [1.54, 1.807) is 6.92 Å². The Morgan fingerprint density at radius 2 is 2.12 bits per heavy atom. The molecule has 7 heteroatoms. The molecule has 0 heterocycles. The lowest BCUT2D eigenvalue weighted by molar-refractivity contribution is -0.141. The number of nitrogens with zero attached hydrogens (tertiary/aromatic N) is 1. The van der Waals surface area contributed by atoms with E-state index in [9.17, 15) is 14.7 Å². The summed E-state index contributed by atoms with van der Waals surface area (Å²) in [7, 11) is 2.98. The van der Waals surface area contributed by atoms with E-state index in [2.05, 4.69) is 10.1 Å². The Hall–Kier alpha value is -1.34. The monoisotopic (exact) mass is 248 g/mol. The van der Waals surface area contributed by atoms with Gasteiger partial charge in [-0.25, -0.2) is 4.79 Å². The third-order valence-electron chi connectivity index (χ3n) is 1.88. The fraction of sp³-hybridized carbons (Fsp3) is 0.800. The van der Waals surface area contributed by atoms with Crippen molar-refractivity contribution < 1.29 is 24.2 Å². The number of esters is 1. The Morgan fingerprint density at radius 1 is 1.47 bits per heavy atom. The average molecular weight is 248 g/mol. The van der Waals surface area contributed by atoms with Crippen LogP contribution in [0.15, 0.2) is 0 Å². The van der Waals surface area contributed by atoms with Crippen LogP contribution >= 0.6 is 0 Å². The number of carbonyl (C=O) groups excluding carboxylic acids is 2. The van der Waals surface area contributed by atoms with Gasteiger partial charge in [0.1, 0.15) is 6.54 Å². The number of urea groups is 1. The Bertz CT molecular complexity index is 247. The van der Waals surface area contributed by atoms with E-state index >= 15 is 0 Å². The molecule has 2 N–H and O–H groups in total. The van der Waals surface area contributed by atoms with Crippen LogP contribution in [-0.2, 0) is 14.3 Å². The standard InChI is InChI=1S/C10H20N2O5/c1-4-17-9(14)5-11-10(15)12(2)6-8(13)7-16-3/h8,13H,4-7H2,1-3H3,(H,11,15). The van der Waals surface area contributed by atoms with E-state index < -0.39 is 18.1 Å². The zero-order valence-corrected chi connectivity index (χ0v) is 10.4. The van der Waals surface area contributed by atoms with Gasteiger partial charge in [-0.2, -0.15) is 0 Å². The second-order valence-corrected chi connectivity index (χ2v) is 3.45. The molecule has 0 bridgehead atoms. The number of hydrogen-bond acceptors (Lipinski definition) is 5. The molecule has 17 heavy (non-hydrogen) atoms. The van der Waals surface area contributed by atoms with Crippen LogP contribution in [0.25, 0.3) is 0 Å². The van der Waals surface area contributed by atoms with Crippen LogP contribution in [0, 0.1) is 0 Å². The lowest BCUT2D eigenvalue weighted by atomic mass is 10.3. The third-order valence-corrected chi connectivity index (χ3v) is 1.88. The number of hydrogen-bond donors (Lipinski definition) is 2. The van der Waals surface area contributed by atoms with E-state index in [0.29, 0.717) is 0 Å². The summed E-state index contributed by atoms with van der Waals surface area (Å²) in [6.07, 6.45) is -0.752. The van der Waals surface area contributed by atoms with Crippen molar-refractivity contribution >= 4 is 12.0 Å². The maximum absolute atomic E-state index is 11.4. The molecule has 0 saturated carbocycles. The number of methoxy groups -OCH3 is 1. The van der Waals surface area contributed by atoms with E-state index in [1.165, 1.54) is 19.1 Å². The quantitative estimate of drug-likeness (QED) is 0.576. The molecule has 0 radical (unpaired) electrons. The number of carbonyl (C=O) groups is 2. The molecule has 0 aliphatic carbocycles. The average Bonchev–Trinajstić information content (AvgIpc) is 2.26. The van der Waals surface area contributed by atoms with Crippen molar-refractivity contribution in [3.63, 3.8) is 0 Å². The molecular formula is C10H20N2O5. The van der Waals surface area contributed by atoms with Gasteiger partial charge in [0.2, 0.25) is 0 Å². The number of ether oxygens (including phenoxy) is 2. The normalized spacial score (nSPS) is 11.8. The number of rotatable bonds is 7. The number of aliphatic hydroxyl groups excluding tert-OH is 1. The largest absolute Gasteiger partial charge is 0.465 e. The summed E-state index contributed by atoms with van der Waals surface area (Å²) in [5.74, 6) is -0.494. The summed E-state index contributed by atoms with van der Waals surface area (Å²) in [4.78, 5) is 23.7. The summed E-state index contributed by atoms with van der Waals surface area (Å²) < 4.78 is 9.38. The van der Waals surface area contributed by atoms with Crippen molar-refractivity contribution in [3.05, 3.63) is 0 Å². The molecule has 0 fully saturated rings. The molecule has 0 rings (SSSR count). The molecule has 1 unspecified atom stereocenters. The minimum Gasteiger partial charge on any atom is -0.465 e. The molecule has 0 aliphatic rings. The summed E-state index contributed by atoms with van der Waals surface area (Å²) in [6.45, 7) is 2.05. The smallest absolute Gasteiger partial charge is 0.325 e. The van der Waals surface area contributed by atoms with Gasteiger partial charge < -0.3 is 24.8 Å². The van der Waals surface area contributed by atoms with Gasteiger partial charge in [-0.1, -0.05) is 0 Å². The van der Waals surface area contributed by atoms with Crippen molar-refractivity contribution in [2.75, 3.05) is 40.5 Å². The van der Waals surface area contributed by atoms with Crippen LogP contribution in [0.1, 0.15) is 6.92 Å². The van der Waals surface area contributed by atoms with Gasteiger partial charge in [-0.15, -0.1) is 0 Å². The second kappa shape index (κ2) is 8.77. The summed E-state index contributed by atoms with van der Waals surface area (Å²) in [5.41, 5.74) is 0. The predicted octanol–water partition coefficient (Wildman–Crippen LogP) is -0.802. The van der Waals surface area contributed by atoms with Gasteiger partial charge >= 0.3 is 12.0 Å². The van der Waals surface area contributed by atoms with Crippen LogP contribution in [0.5, 0.6) is 0 Å². The first-order valence-electron chi connectivity index (χ1n) is 5.32. The number of nitrogens with one attached hydrogen (secondary N) is 1. The van der Waals surface area contributed by atoms with Crippen LogP contribution < -0.4 is 5.32 Å². The molecule has 7 nitrogen and oxygen atoms in total. The zero-order chi connectivity index (χ0) is 13.3. The van der Waals surface area contributed by atoms with Gasteiger partial charge in [-0.3, -0.25) is 4.79 Å². The molecular weight excluding hydrogens is 228 g/mol. The summed E-state index contributed by atoms with van der Waals surface area (Å²) in [5, 5.41) is 11.8. The van der Waals surface area contributed by atoms with Crippen LogP contribution in [0.3, 0.4) is 0 Å². The number of likely N-dealkylation sites (N-methyl/N-ethyl adjacent to an activating group) is 1. The first-order valence-corrected chi connectivity index (χ1v) is 5.32. The van der Waals surface area contributed by atoms with Gasteiger partial charge in [0.25, 0.3) is 0 Å². The molecule has 2 amide bonds. The SMILES string of the molecule is CCOC(=O)CNC(=O)N(C)CC(O)COC. The van der Waals surface area contributed by atoms with Crippen LogP contribution in [-0.4, -0.2) is 68.6 Å². The third kappa shape index (κ3) is 7.53. The molecule has 1 atom stereocenters. The lowest BCUT2D eigenvalue weighted by Gasteiger charge is -2.20. The lowest BCUT2D eigenvalue weighted by Crippen LogP contribution is -2.44. The zero-order valence-electron chi connectivity index (χ0n) is 10.4. The Labute approximate surface area is 101 Å². The molecule has 0 aromatic heterocycles. The predicted molar refractivity (Wildman–Crippen MR) is 60.5 cm³/mol. The maximum Gasteiger partial charge on any atom is 0.325 e. The van der Waals surface area contributed by atoms with Gasteiger partial charge in [-0.05, 0) is 6.92 Å². The van der Waals surface area contributed by atoms with E-state index in [1.807, 2.05) is 0 Å². The van der Waals surface area contributed by atoms with Gasteiger partial charge in [0, 0.05) is 14.2 Å². The van der Waals surface area contributed by atoms with E-state index in [0.717, 1.165) is 0 Å². The van der Waals surface area contributed by atoms with E-state index in [-0.39, 0.29) is 26.3 Å². The molecule has 0 aromatic carbocycles. The van der Waals surface area contributed by atoms with Crippen molar-refractivity contribution in [2.24, 2.45) is 0 Å². The van der Waals surface area contributed by atoms with Crippen molar-refractivity contribution in [3.8, 4) is 0 Å². The topological polar surface area (TPSA) is 88.1 Å². The van der Waals surface area contributed by atoms with Crippen LogP contribution in [0.2, 0.25) is 0 Å². The fourth-order valence-corrected chi connectivity index (χ4v) is 1.14. The molecule has 0 aromatic rings. The first-order chi connectivity index (χ1) is 8.01. The minimum absolute atomic E-state index is 0.127. The molecule has 100 valence electrons. The van der Waals surface area contributed by atoms with Gasteiger partial charge in [0.15, 0.2) is 0 Å². The number of aliphatic hydroxyl groups is 1. The highest BCUT2D eigenvalue weighted by molar-refractivity contribution is 5.80. The number of amides is 2. The van der Waals surface area contributed by atoms with Crippen molar-refractivity contribution in [1.82, 2.24) is 10.2 Å². The van der Waals surface area contributed by atoms with Crippen molar-refractivity contribution in [1.29, 1.82) is 0 Å². The first kappa shape index (κ1) is 15.7. The molecule has 0 saturated heterocycles. The maximum atomic E-state index is 11.4. The minimum atomic E-state index is -0.752. The second-order valence-electron chi connectivity index (χ2n) is 3.45. The Kier molecular flexibility index (Phi) is 8.08. The summed E-state index contributed by atoms with van der Waals surface area (Å²) >= 11 is 0.